The standard InChI is InChI=1S/C20H25N3O2S/c1-7-17-21-13(3)19(26-17)14(4)22(5)20(25)15-9-11-16(12-10-15)23(6)18(24)8-2/h8-12,14H,2,7H2,1,3-6H3. The molecule has 1 atom stereocenters. The second-order valence-corrected chi connectivity index (χ2v) is 7.27. The summed E-state index contributed by atoms with van der Waals surface area (Å²) < 4.78 is 0. The van der Waals surface area contributed by atoms with Crippen LogP contribution in [0.15, 0.2) is 36.9 Å². The van der Waals surface area contributed by atoms with E-state index in [1.807, 2.05) is 13.8 Å². The number of likely N-dealkylation sites (N-methyl/N-ethyl adjacent to an activating group) is 1. The molecule has 1 aromatic heterocycles. The summed E-state index contributed by atoms with van der Waals surface area (Å²) in [6.45, 7) is 9.57. The number of carbonyl (C=O) groups is 2. The van der Waals surface area contributed by atoms with Crippen LogP contribution in [0.3, 0.4) is 0 Å². The van der Waals surface area contributed by atoms with Crippen molar-refractivity contribution in [2.24, 2.45) is 0 Å². The highest BCUT2D eigenvalue weighted by molar-refractivity contribution is 7.11. The van der Waals surface area contributed by atoms with Gasteiger partial charge in [-0.15, -0.1) is 11.3 Å². The third-order valence-corrected chi connectivity index (χ3v) is 5.94. The number of hydrogen-bond acceptors (Lipinski definition) is 4. The van der Waals surface area contributed by atoms with Gasteiger partial charge in [0, 0.05) is 30.2 Å². The van der Waals surface area contributed by atoms with E-state index in [1.54, 1.807) is 54.6 Å². The molecule has 0 saturated carbocycles. The van der Waals surface area contributed by atoms with Crippen LogP contribution in [0.25, 0.3) is 0 Å². The number of thiazole rings is 1. The zero-order valence-electron chi connectivity index (χ0n) is 15.9. The van der Waals surface area contributed by atoms with Crippen LogP contribution in [0, 0.1) is 6.92 Å². The van der Waals surface area contributed by atoms with Gasteiger partial charge in [0.05, 0.1) is 16.7 Å². The second kappa shape index (κ2) is 8.27. The van der Waals surface area contributed by atoms with E-state index in [0.29, 0.717) is 11.3 Å². The van der Waals surface area contributed by atoms with Gasteiger partial charge in [-0.2, -0.15) is 0 Å². The lowest BCUT2D eigenvalue weighted by molar-refractivity contribution is -0.113. The topological polar surface area (TPSA) is 53.5 Å². The summed E-state index contributed by atoms with van der Waals surface area (Å²) >= 11 is 1.66. The monoisotopic (exact) mass is 371 g/mol. The van der Waals surface area contributed by atoms with E-state index in [1.165, 1.54) is 11.0 Å². The molecule has 0 aliphatic heterocycles. The van der Waals surface area contributed by atoms with Crippen molar-refractivity contribution in [3.8, 4) is 0 Å². The number of rotatable bonds is 6. The summed E-state index contributed by atoms with van der Waals surface area (Å²) in [6.07, 6.45) is 2.16. The highest BCUT2D eigenvalue weighted by Crippen LogP contribution is 2.29. The fraction of sp³-hybridized carbons (Fsp3) is 0.350. The Balaban J connectivity index is 2.18. The summed E-state index contributed by atoms with van der Waals surface area (Å²) in [5.41, 5.74) is 2.28. The van der Waals surface area contributed by atoms with Crippen LogP contribution in [-0.4, -0.2) is 35.8 Å². The van der Waals surface area contributed by atoms with E-state index in [-0.39, 0.29) is 17.9 Å². The highest BCUT2D eigenvalue weighted by Gasteiger charge is 2.23. The third-order valence-electron chi connectivity index (χ3n) is 4.47. The first-order chi connectivity index (χ1) is 12.3. The van der Waals surface area contributed by atoms with Crippen molar-refractivity contribution in [3.63, 3.8) is 0 Å². The van der Waals surface area contributed by atoms with Crippen LogP contribution in [0.4, 0.5) is 5.69 Å². The van der Waals surface area contributed by atoms with Gasteiger partial charge >= 0.3 is 0 Å². The molecule has 138 valence electrons. The van der Waals surface area contributed by atoms with Crippen LogP contribution in [0.1, 0.15) is 45.8 Å². The summed E-state index contributed by atoms with van der Waals surface area (Å²) in [5, 5.41) is 1.09. The van der Waals surface area contributed by atoms with E-state index in [2.05, 4.69) is 18.5 Å². The average molecular weight is 372 g/mol. The number of carbonyl (C=O) groups excluding carboxylic acids is 2. The molecule has 2 amide bonds. The molecule has 6 heteroatoms. The van der Waals surface area contributed by atoms with Crippen molar-refractivity contribution in [3.05, 3.63) is 58.1 Å². The fourth-order valence-electron chi connectivity index (χ4n) is 2.65. The number of benzene rings is 1. The predicted molar refractivity (Wildman–Crippen MR) is 107 cm³/mol. The average Bonchev–Trinajstić information content (AvgIpc) is 3.05. The summed E-state index contributed by atoms with van der Waals surface area (Å²) in [4.78, 5) is 33.4. The third kappa shape index (κ3) is 4.02. The number of aryl methyl sites for hydroxylation is 2. The Morgan fingerprint density at radius 3 is 2.38 bits per heavy atom. The van der Waals surface area contributed by atoms with Gasteiger partial charge in [-0.05, 0) is 50.6 Å². The number of amides is 2. The van der Waals surface area contributed by atoms with Gasteiger partial charge in [0.1, 0.15) is 0 Å². The smallest absolute Gasteiger partial charge is 0.254 e. The molecular weight excluding hydrogens is 346 g/mol. The second-order valence-electron chi connectivity index (χ2n) is 6.15. The van der Waals surface area contributed by atoms with E-state index in [4.69, 9.17) is 0 Å². The minimum Gasteiger partial charge on any atom is -0.334 e. The molecule has 2 aromatic rings. The molecule has 0 aliphatic rings. The SMILES string of the molecule is C=CC(=O)N(C)c1ccc(C(=O)N(C)C(C)c2sc(CC)nc2C)cc1. The van der Waals surface area contributed by atoms with Crippen LogP contribution in [0.2, 0.25) is 0 Å². The maximum atomic E-state index is 12.8. The maximum Gasteiger partial charge on any atom is 0.254 e. The van der Waals surface area contributed by atoms with Crippen molar-refractivity contribution in [1.82, 2.24) is 9.88 Å². The van der Waals surface area contributed by atoms with Gasteiger partial charge in [-0.1, -0.05) is 13.5 Å². The summed E-state index contributed by atoms with van der Waals surface area (Å²) in [6, 6.07) is 6.96. The Morgan fingerprint density at radius 2 is 1.88 bits per heavy atom. The highest BCUT2D eigenvalue weighted by atomic mass is 32.1. The van der Waals surface area contributed by atoms with E-state index >= 15 is 0 Å². The van der Waals surface area contributed by atoms with Gasteiger partial charge in [0.25, 0.3) is 5.91 Å². The maximum absolute atomic E-state index is 12.8. The molecule has 1 unspecified atom stereocenters. The van der Waals surface area contributed by atoms with Gasteiger partial charge < -0.3 is 9.80 Å². The molecule has 5 nitrogen and oxygen atoms in total. The van der Waals surface area contributed by atoms with Crippen LogP contribution in [0.5, 0.6) is 0 Å². The molecule has 0 N–H and O–H groups in total. The Morgan fingerprint density at radius 1 is 1.27 bits per heavy atom. The van der Waals surface area contributed by atoms with Gasteiger partial charge in [0.2, 0.25) is 5.91 Å². The van der Waals surface area contributed by atoms with E-state index in [0.717, 1.165) is 22.0 Å². The Kier molecular flexibility index (Phi) is 6.32. The molecule has 0 aliphatic carbocycles. The van der Waals surface area contributed by atoms with Crippen molar-refractivity contribution in [2.75, 3.05) is 19.0 Å². The molecule has 26 heavy (non-hydrogen) atoms. The Bertz CT molecular complexity index is 811. The van der Waals surface area contributed by atoms with E-state index < -0.39 is 0 Å². The first-order valence-corrected chi connectivity index (χ1v) is 9.35. The van der Waals surface area contributed by atoms with Crippen LogP contribution < -0.4 is 4.90 Å². The van der Waals surface area contributed by atoms with Crippen molar-refractivity contribution < 1.29 is 9.59 Å². The van der Waals surface area contributed by atoms with Crippen molar-refractivity contribution in [1.29, 1.82) is 0 Å². The van der Waals surface area contributed by atoms with Crippen LogP contribution >= 0.6 is 11.3 Å². The number of hydrogen-bond donors (Lipinski definition) is 0. The first kappa shape index (κ1) is 19.8. The zero-order valence-corrected chi connectivity index (χ0v) is 16.8. The van der Waals surface area contributed by atoms with Crippen molar-refractivity contribution in [2.45, 2.75) is 33.2 Å². The first-order valence-electron chi connectivity index (χ1n) is 8.53. The zero-order chi connectivity index (χ0) is 19.4. The molecule has 0 spiro atoms. The Hall–Kier alpha value is -2.47. The lowest BCUT2D eigenvalue weighted by Crippen LogP contribution is -2.29. The molecule has 0 radical (unpaired) electrons. The molecule has 2 rings (SSSR count). The molecule has 1 heterocycles. The van der Waals surface area contributed by atoms with Gasteiger partial charge in [0.15, 0.2) is 0 Å². The largest absolute Gasteiger partial charge is 0.334 e. The normalized spacial score (nSPS) is 11.7. The minimum absolute atomic E-state index is 0.0509. The molecule has 0 bridgehead atoms. The number of aromatic nitrogens is 1. The summed E-state index contributed by atoms with van der Waals surface area (Å²) in [7, 11) is 3.48. The minimum atomic E-state index is -0.192. The molecular formula is C20H25N3O2S. The lowest BCUT2D eigenvalue weighted by Gasteiger charge is -2.25. The molecule has 1 aromatic carbocycles. The lowest BCUT2D eigenvalue weighted by atomic mass is 10.1. The molecule has 0 saturated heterocycles. The Labute approximate surface area is 159 Å². The number of anilines is 1. The van der Waals surface area contributed by atoms with Crippen LogP contribution in [-0.2, 0) is 11.2 Å². The van der Waals surface area contributed by atoms with E-state index in [9.17, 15) is 9.59 Å². The fourth-order valence-corrected chi connectivity index (χ4v) is 3.75. The van der Waals surface area contributed by atoms with Gasteiger partial charge in [-0.25, -0.2) is 4.98 Å². The predicted octanol–water partition coefficient (Wildman–Crippen LogP) is 4.00. The summed E-state index contributed by atoms with van der Waals surface area (Å²) in [5.74, 6) is -0.255. The number of nitrogens with zero attached hydrogens (tertiary/aromatic N) is 3. The van der Waals surface area contributed by atoms with Gasteiger partial charge in [-0.3, -0.25) is 9.59 Å². The quantitative estimate of drug-likeness (QED) is 0.721. The molecule has 0 fully saturated rings. The van der Waals surface area contributed by atoms with Crippen molar-refractivity contribution >= 4 is 28.8 Å².